The molecular weight excluding hydrogens is 303 g/mol. The van der Waals surface area contributed by atoms with Gasteiger partial charge in [-0.1, -0.05) is 42.6 Å². The molecule has 1 aromatic rings. The SMILES string of the molecule is CCCC(CC(=O)O)NC(=O)Nc1cccc(Cl)c1Cl. The Bertz CT molecular complexity index is 495. The van der Waals surface area contributed by atoms with Gasteiger partial charge in [0.15, 0.2) is 0 Å². The van der Waals surface area contributed by atoms with Crippen molar-refractivity contribution >= 4 is 40.9 Å². The summed E-state index contributed by atoms with van der Waals surface area (Å²) >= 11 is 11.8. The lowest BCUT2D eigenvalue weighted by Crippen LogP contribution is -2.39. The minimum atomic E-state index is -0.954. The van der Waals surface area contributed by atoms with Crippen LogP contribution in [0.3, 0.4) is 0 Å². The van der Waals surface area contributed by atoms with Gasteiger partial charge in [-0.2, -0.15) is 0 Å². The fraction of sp³-hybridized carbons (Fsp3) is 0.385. The molecule has 1 atom stereocenters. The molecule has 0 spiro atoms. The zero-order valence-corrected chi connectivity index (χ0v) is 12.5. The summed E-state index contributed by atoms with van der Waals surface area (Å²) in [5.74, 6) is -0.954. The van der Waals surface area contributed by atoms with Gasteiger partial charge < -0.3 is 15.7 Å². The van der Waals surface area contributed by atoms with Crippen LogP contribution in [0.5, 0.6) is 0 Å². The number of nitrogens with one attached hydrogen (secondary N) is 2. The molecule has 0 saturated heterocycles. The van der Waals surface area contributed by atoms with Crippen LogP contribution >= 0.6 is 23.2 Å². The minimum absolute atomic E-state index is 0.120. The van der Waals surface area contributed by atoms with Crippen molar-refractivity contribution in [1.29, 1.82) is 0 Å². The Labute approximate surface area is 127 Å². The van der Waals surface area contributed by atoms with E-state index in [9.17, 15) is 9.59 Å². The first kappa shape index (κ1) is 16.6. The van der Waals surface area contributed by atoms with Crippen molar-refractivity contribution in [3.05, 3.63) is 28.2 Å². The maximum Gasteiger partial charge on any atom is 0.319 e. The summed E-state index contributed by atoms with van der Waals surface area (Å²) in [5.41, 5.74) is 0.377. The van der Waals surface area contributed by atoms with Crippen LogP contribution in [0.2, 0.25) is 10.0 Å². The Balaban J connectivity index is 2.65. The standard InChI is InChI=1S/C13H16Cl2N2O3/c1-2-4-8(7-11(18)19)16-13(20)17-10-6-3-5-9(14)12(10)15/h3,5-6,8H,2,4,7H2,1H3,(H,18,19)(H2,16,17,20). The second kappa shape index (κ2) is 7.97. The number of urea groups is 1. The Morgan fingerprint density at radius 1 is 1.35 bits per heavy atom. The number of hydrogen-bond donors (Lipinski definition) is 3. The van der Waals surface area contributed by atoms with E-state index in [0.29, 0.717) is 17.1 Å². The lowest BCUT2D eigenvalue weighted by molar-refractivity contribution is -0.137. The fourth-order valence-corrected chi connectivity index (χ4v) is 2.08. The van der Waals surface area contributed by atoms with Crippen molar-refractivity contribution in [3.63, 3.8) is 0 Å². The van der Waals surface area contributed by atoms with Crippen LogP contribution in [0.25, 0.3) is 0 Å². The van der Waals surface area contributed by atoms with Gasteiger partial charge in [-0.15, -0.1) is 0 Å². The highest BCUT2D eigenvalue weighted by Gasteiger charge is 2.16. The smallest absolute Gasteiger partial charge is 0.319 e. The zero-order chi connectivity index (χ0) is 15.1. The molecule has 0 bridgehead atoms. The molecule has 7 heteroatoms. The first-order chi connectivity index (χ1) is 9.43. The molecule has 0 fully saturated rings. The van der Waals surface area contributed by atoms with Gasteiger partial charge in [-0.05, 0) is 18.6 Å². The fourth-order valence-electron chi connectivity index (χ4n) is 1.73. The number of anilines is 1. The average Bonchev–Trinajstić information content (AvgIpc) is 2.34. The van der Waals surface area contributed by atoms with Crippen LogP contribution < -0.4 is 10.6 Å². The number of carboxylic acids is 1. The first-order valence-corrected chi connectivity index (χ1v) is 6.93. The molecule has 0 aliphatic heterocycles. The van der Waals surface area contributed by atoms with Gasteiger partial charge in [0.2, 0.25) is 0 Å². The number of benzene rings is 1. The molecule has 0 aliphatic carbocycles. The second-order valence-electron chi connectivity index (χ2n) is 4.28. The van der Waals surface area contributed by atoms with E-state index in [1.807, 2.05) is 6.92 Å². The molecule has 1 aromatic carbocycles. The van der Waals surface area contributed by atoms with Crippen molar-refractivity contribution in [2.75, 3.05) is 5.32 Å². The van der Waals surface area contributed by atoms with E-state index < -0.39 is 18.0 Å². The van der Waals surface area contributed by atoms with E-state index in [0.717, 1.165) is 6.42 Å². The Hall–Kier alpha value is -1.46. The molecule has 20 heavy (non-hydrogen) atoms. The Morgan fingerprint density at radius 2 is 2.05 bits per heavy atom. The largest absolute Gasteiger partial charge is 0.481 e. The Morgan fingerprint density at radius 3 is 2.65 bits per heavy atom. The molecule has 0 saturated carbocycles. The third-order valence-electron chi connectivity index (χ3n) is 2.59. The second-order valence-corrected chi connectivity index (χ2v) is 5.07. The molecule has 3 N–H and O–H groups in total. The van der Waals surface area contributed by atoms with E-state index in [-0.39, 0.29) is 11.4 Å². The predicted octanol–water partition coefficient (Wildman–Crippen LogP) is 3.76. The van der Waals surface area contributed by atoms with Gasteiger partial charge in [0.05, 0.1) is 22.2 Å². The van der Waals surface area contributed by atoms with Crippen molar-refractivity contribution in [1.82, 2.24) is 5.32 Å². The molecular formula is C13H16Cl2N2O3. The van der Waals surface area contributed by atoms with Crippen LogP contribution in [0.1, 0.15) is 26.2 Å². The number of halogens is 2. The predicted molar refractivity (Wildman–Crippen MR) is 79.6 cm³/mol. The van der Waals surface area contributed by atoms with Gasteiger partial charge in [0.25, 0.3) is 0 Å². The highest BCUT2D eigenvalue weighted by atomic mass is 35.5. The first-order valence-electron chi connectivity index (χ1n) is 6.17. The molecule has 1 unspecified atom stereocenters. The third kappa shape index (κ3) is 5.27. The molecule has 1 rings (SSSR count). The quantitative estimate of drug-likeness (QED) is 0.747. The summed E-state index contributed by atoms with van der Waals surface area (Å²) in [7, 11) is 0. The summed E-state index contributed by atoms with van der Waals surface area (Å²) in [6.45, 7) is 1.92. The number of rotatable bonds is 6. The number of hydrogen-bond acceptors (Lipinski definition) is 2. The summed E-state index contributed by atoms with van der Waals surface area (Å²) in [6, 6.07) is 3.95. The number of carbonyl (C=O) groups excluding carboxylic acids is 1. The average molecular weight is 319 g/mol. The monoisotopic (exact) mass is 318 g/mol. The van der Waals surface area contributed by atoms with Crippen molar-refractivity contribution < 1.29 is 14.7 Å². The van der Waals surface area contributed by atoms with Crippen molar-refractivity contribution in [2.45, 2.75) is 32.2 Å². The number of aliphatic carboxylic acids is 1. The van der Waals surface area contributed by atoms with Crippen LogP contribution in [0.4, 0.5) is 10.5 Å². The van der Waals surface area contributed by atoms with Gasteiger partial charge in [0.1, 0.15) is 0 Å². The van der Waals surface area contributed by atoms with Gasteiger partial charge >= 0.3 is 12.0 Å². The molecule has 0 aromatic heterocycles. The van der Waals surface area contributed by atoms with E-state index in [1.165, 1.54) is 0 Å². The lowest BCUT2D eigenvalue weighted by Gasteiger charge is -2.17. The van der Waals surface area contributed by atoms with Crippen LogP contribution in [-0.2, 0) is 4.79 Å². The van der Waals surface area contributed by atoms with Gasteiger partial charge in [-0.3, -0.25) is 4.79 Å². The van der Waals surface area contributed by atoms with E-state index in [1.54, 1.807) is 18.2 Å². The van der Waals surface area contributed by atoms with E-state index in [2.05, 4.69) is 10.6 Å². The van der Waals surface area contributed by atoms with Crippen LogP contribution in [-0.4, -0.2) is 23.1 Å². The number of amides is 2. The van der Waals surface area contributed by atoms with E-state index in [4.69, 9.17) is 28.3 Å². The van der Waals surface area contributed by atoms with Crippen LogP contribution in [0, 0.1) is 0 Å². The maximum atomic E-state index is 11.8. The molecule has 110 valence electrons. The summed E-state index contributed by atoms with van der Waals surface area (Å²) in [5, 5.41) is 14.5. The molecule has 0 heterocycles. The molecule has 5 nitrogen and oxygen atoms in total. The van der Waals surface area contributed by atoms with E-state index >= 15 is 0 Å². The number of carboxylic acid groups (broad SMARTS) is 1. The molecule has 0 aliphatic rings. The van der Waals surface area contributed by atoms with Crippen molar-refractivity contribution in [2.24, 2.45) is 0 Å². The Kier molecular flexibility index (Phi) is 6.61. The van der Waals surface area contributed by atoms with Crippen LogP contribution in [0.15, 0.2) is 18.2 Å². The van der Waals surface area contributed by atoms with Gasteiger partial charge in [-0.25, -0.2) is 4.79 Å². The topological polar surface area (TPSA) is 78.4 Å². The minimum Gasteiger partial charge on any atom is -0.481 e. The van der Waals surface area contributed by atoms with Gasteiger partial charge in [0, 0.05) is 6.04 Å². The summed E-state index contributed by atoms with van der Waals surface area (Å²) in [6.07, 6.45) is 1.24. The normalized spacial score (nSPS) is 11.8. The summed E-state index contributed by atoms with van der Waals surface area (Å²) < 4.78 is 0. The highest BCUT2D eigenvalue weighted by molar-refractivity contribution is 6.43. The lowest BCUT2D eigenvalue weighted by atomic mass is 10.1. The summed E-state index contributed by atoms with van der Waals surface area (Å²) in [4.78, 5) is 22.5. The maximum absolute atomic E-state index is 11.8. The third-order valence-corrected chi connectivity index (χ3v) is 3.41. The number of carbonyl (C=O) groups is 2. The molecule has 2 amide bonds. The molecule has 0 radical (unpaired) electrons. The zero-order valence-electron chi connectivity index (χ0n) is 11.0. The van der Waals surface area contributed by atoms with Crippen molar-refractivity contribution in [3.8, 4) is 0 Å². The highest BCUT2D eigenvalue weighted by Crippen LogP contribution is 2.29.